The first-order valence-corrected chi connectivity index (χ1v) is 8.19. The van der Waals surface area contributed by atoms with Crippen LogP contribution in [0.1, 0.15) is 19.8 Å². The van der Waals surface area contributed by atoms with Gasteiger partial charge in [-0.1, -0.05) is 6.92 Å². The molecule has 0 saturated carbocycles. The summed E-state index contributed by atoms with van der Waals surface area (Å²) in [4.78, 5) is 27.6. The highest BCUT2D eigenvalue weighted by Gasteiger charge is 2.56. The molecule has 3 heterocycles. The van der Waals surface area contributed by atoms with E-state index in [9.17, 15) is 22.6 Å². The molecule has 9 nitrogen and oxygen atoms in total. The van der Waals surface area contributed by atoms with Crippen LogP contribution in [0.4, 0.5) is 4.79 Å². The Labute approximate surface area is 122 Å². The Hall–Kier alpha value is -1.39. The number of hydrogen-bond acceptors (Lipinski definition) is 6. The van der Waals surface area contributed by atoms with Crippen molar-refractivity contribution in [1.29, 1.82) is 0 Å². The van der Waals surface area contributed by atoms with Crippen LogP contribution in [-0.4, -0.2) is 71.5 Å². The van der Waals surface area contributed by atoms with E-state index in [1.165, 1.54) is 4.90 Å². The van der Waals surface area contributed by atoms with E-state index in [0.717, 1.165) is 6.42 Å². The van der Waals surface area contributed by atoms with Crippen LogP contribution in [0.25, 0.3) is 0 Å². The van der Waals surface area contributed by atoms with Crippen molar-refractivity contribution in [2.75, 3.05) is 19.6 Å². The summed E-state index contributed by atoms with van der Waals surface area (Å²) in [5.41, 5.74) is 0. The second kappa shape index (κ2) is 4.82. The number of rotatable bonds is 4. The summed E-state index contributed by atoms with van der Waals surface area (Å²) in [6.45, 7) is 3.38. The van der Waals surface area contributed by atoms with Gasteiger partial charge < -0.3 is 14.4 Å². The van der Waals surface area contributed by atoms with Crippen LogP contribution in [0.5, 0.6) is 0 Å². The van der Waals surface area contributed by atoms with Crippen molar-refractivity contribution >= 4 is 22.3 Å². The summed E-state index contributed by atoms with van der Waals surface area (Å²) < 4.78 is 36.3. The molecule has 3 atom stereocenters. The van der Waals surface area contributed by atoms with Crippen LogP contribution in [0.15, 0.2) is 0 Å². The third-order valence-electron chi connectivity index (χ3n) is 4.22. The lowest BCUT2D eigenvalue weighted by atomic mass is 9.91. The van der Waals surface area contributed by atoms with Crippen LogP contribution in [0.2, 0.25) is 0 Å². The van der Waals surface area contributed by atoms with Crippen molar-refractivity contribution in [2.45, 2.75) is 31.8 Å². The topological polar surface area (TPSA) is 110 Å². The van der Waals surface area contributed by atoms with Crippen LogP contribution in [-0.2, 0) is 19.5 Å². The minimum Gasteiger partial charge on any atom is -0.724 e. The van der Waals surface area contributed by atoms with E-state index in [0.29, 0.717) is 24.6 Å². The Bertz CT molecular complexity index is 579. The molecule has 3 aliphatic rings. The summed E-state index contributed by atoms with van der Waals surface area (Å²) in [7, 11) is -5.00. The normalized spacial score (nSPS) is 32.1. The molecule has 0 N–H and O–H groups in total. The number of hydrogen-bond donors (Lipinski definition) is 0. The van der Waals surface area contributed by atoms with Gasteiger partial charge in [0, 0.05) is 25.6 Å². The largest absolute Gasteiger partial charge is 0.724 e. The number of nitrogens with zero attached hydrogens (tertiary/aromatic N) is 3. The van der Waals surface area contributed by atoms with E-state index in [1.807, 2.05) is 6.92 Å². The highest BCUT2D eigenvalue weighted by atomic mass is 32.3. The molecule has 3 fully saturated rings. The van der Waals surface area contributed by atoms with Crippen LogP contribution in [0.3, 0.4) is 0 Å². The minimum atomic E-state index is -5.00. The fraction of sp³-hybridized carbons (Fsp3) is 0.818. The third kappa shape index (κ3) is 2.36. The number of piperidine rings is 1. The number of amides is 3. The van der Waals surface area contributed by atoms with Gasteiger partial charge in [-0.25, -0.2) is 13.2 Å². The van der Waals surface area contributed by atoms with E-state index in [4.69, 9.17) is 0 Å². The highest BCUT2D eigenvalue weighted by molar-refractivity contribution is 7.80. The molecule has 0 aromatic heterocycles. The second-order valence-electron chi connectivity index (χ2n) is 5.62. The molecule has 3 rings (SSSR count). The smallest absolute Gasteiger partial charge is 0.346 e. The zero-order valence-corrected chi connectivity index (χ0v) is 12.3. The predicted octanol–water partition coefficient (Wildman–Crippen LogP) is -0.875. The zero-order valence-electron chi connectivity index (χ0n) is 11.5. The molecule has 21 heavy (non-hydrogen) atoms. The van der Waals surface area contributed by atoms with Crippen LogP contribution < -0.4 is 0 Å². The number of likely N-dealkylation sites (tertiary alicyclic amines) is 1. The Morgan fingerprint density at radius 1 is 1.33 bits per heavy atom. The second-order valence-corrected chi connectivity index (χ2v) is 6.59. The zero-order chi connectivity index (χ0) is 15.4. The first-order valence-electron chi connectivity index (χ1n) is 6.86. The standard InChI is InChI=1S/C11H17N3O6S/c1-2-3-12-5-7-4-8-6-13(9(7)10(12)15)11(16)14(8)20-21(17,18)19/h7-9H,2-6H2,1H3,(H,17,18,19)/p-1/t7-,8+,9-/m0/s1. The molecule has 0 aromatic carbocycles. The van der Waals surface area contributed by atoms with Crippen molar-refractivity contribution < 1.29 is 26.8 Å². The average molecular weight is 318 g/mol. The van der Waals surface area contributed by atoms with E-state index < -0.39 is 28.5 Å². The number of carbonyl (C=O) groups excluding carboxylic acids is 2. The van der Waals surface area contributed by atoms with Gasteiger partial charge in [-0.05, 0) is 12.8 Å². The molecular formula is C11H16N3O6S-. The van der Waals surface area contributed by atoms with Crippen LogP contribution >= 0.6 is 0 Å². The summed E-state index contributed by atoms with van der Waals surface area (Å²) in [5.74, 6) is -0.157. The van der Waals surface area contributed by atoms with Gasteiger partial charge in [0.25, 0.3) is 0 Å². The molecule has 0 aromatic rings. The fourth-order valence-corrected chi connectivity index (χ4v) is 3.91. The number of carbonyl (C=O) groups is 2. The first-order chi connectivity index (χ1) is 9.81. The highest BCUT2D eigenvalue weighted by Crippen LogP contribution is 2.38. The van der Waals surface area contributed by atoms with Gasteiger partial charge in [0.15, 0.2) is 0 Å². The maximum absolute atomic E-state index is 12.3. The number of urea groups is 1. The Balaban J connectivity index is 1.81. The van der Waals surface area contributed by atoms with E-state index >= 15 is 0 Å². The average Bonchev–Trinajstić information content (AvgIpc) is 2.81. The summed E-state index contributed by atoms with van der Waals surface area (Å²) in [5, 5.41) is 0.609. The summed E-state index contributed by atoms with van der Waals surface area (Å²) in [6, 6.07) is -1.79. The lowest BCUT2D eigenvalue weighted by Gasteiger charge is -2.30. The molecule has 3 amide bonds. The lowest BCUT2D eigenvalue weighted by molar-refractivity contribution is -0.131. The first kappa shape index (κ1) is 14.5. The molecule has 2 bridgehead atoms. The molecule has 0 aliphatic carbocycles. The van der Waals surface area contributed by atoms with Gasteiger partial charge in [-0.2, -0.15) is 9.35 Å². The molecule has 0 unspecified atom stereocenters. The SMILES string of the molecule is CCCN1C[C@@H]2C[C@@H]3CN(C(=O)N3OS(=O)(=O)[O-])[C@@H]2C1=O. The molecule has 0 spiro atoms. The quantitative estimate of drug-likeness (QED) is 0.492. The Kier molecular flexibility index (Phi) is 3.34. The molecular weight excluding hydrogens is 302 g/mol. The van der Waals surface area contributed by atoms with Crippen molar-refractivity contribution in [3.8, 4) is 0 Å². The fourth-order valence-electron chi connectivity index (χ4n) is 3.53. The van der Waals surface area contributed by atoms with Gasteiger partial charge in [-0.3, -0.25) is 4.79 Å². The summed E-state index contributed by atoms with van der Waals surface area (Å²) >= 11 is 0. The minimum absolute atomic E-state index is 0.0466. The predicted molar refractivity (Wildman–Crippen MR) is 67.3 cm³/mol. The summed E-state index contributed by atoms with van der Waals surface area (Å²) in [6.07, 6.45) is 1.29. The van der Waals surface area contributed by atoms with E-state index in [1.54, 1.807) is 4.90 Å². The molecule has 3 aliphatic heterocycles. The lowest BCUT2D eigenvalue weighted by Crippen LogP contribution is -2.48. The van der Waals surface area contributed by atoms with Gasteiger partial charge in [0.05, 0.1) is 6.04 Å². The van der Waals surface area contributed by atoms with E-state index in [2.05, 4.69) is 4.28 Å². The third-order valence-corrected chi connectivity index (χ3v) is 4.56. The van der Waals surface area contributed by atoms with E-state index in [-0.39, 0.29) is 18.4 Å². The number of fused-ring (bicyclic) bond motifs is 4. The molecule has 10 heteroatoms. The van der Waals surface area contributed by atoms with Gasteiger partial charge in [-0.15, -0.1) is 0 Å². The monoisotopic (exact) mass is 318 g/mol. The Morgan fingerprint density at radius 3 is 2.67 bits per heavy atom. The van der Waals surface area contributed by atoms with Crippen molar-refractivity contribution in [2.24, 2.45) is 5.92 Å². The molecule has 0 radical (unpaired) electrons. The maximum Gasteiger partial charge on any atom is 0.346 e. The van der Waals surface area contributed by atoms with Gasteiger partial charge in [0.1, 0.15) is 6.04 Å². The van der Waals surface area contributed by atoms with Crippen molar-refractivity contribution in [1.82, 2.24) is 14.9 Å². The molecule has 118 valence electrons. The Morgan fingerprint density at radius 2 is 2.05 bits per heavy atom. The molecule has 3 saturated heterocycles. The van der Waals surface area contributed by atoms with Crippen LogP contribution in [0, 0.1) is 5.92 Å². The van der Waals surface area contributed by atoms with Gasteiger partial charge in [0.2, 0.25) is 16.3 Å². The van der Waals surface area contributed by atoms with Crippen molar-refractivity contribution in [3.63, 3.8) is 0 Å². The van der Waals surface area contributed by atoms with Gasteiger partial charge >= 0.3 is 6.03 Å². The van der Waals surface area contributed by atoms with Crippen molar-refractivity contribution in [3.05, 3.63) is 0 Å². The maximum atomic E-state index is 12.3. The number of hydroxylamine groups is 2.